The molecular weight excluding hydrogens is 534 g/mol. The van der Waals surface area contributed by atoms with Crippen molar-refractivity contribution in [1.82, 2.24) is 14.7 Å². The molecule has 11 heteroatoms. The summed E-state index contributed by atoms with van der Waals surface area (Å²) in [5.41, 5.74) is -0.374. The topological polar surface area (TPSA) is 64.2 Å². The minimum atomic E-state index is -4.30. The van der Waals surface area contributed by atoms with Gasteiger partial charge in [0, 0.05) is 56.4 Å². The second kappa shape index (κ2) is 11.0. The van der Waals surface area contributed by atoms with Crippen molar-refractivity contribution in [3.63, 3.8) is 0 Å². The zero-order valence-electron chi connectivity index (χ0n) is 21.4. The number of urea groups is 1. The van der Waals surface area contributed by atoms with Gasteiger partial charge in [0.15, 0.2) is 0 Å². The first-order valence-corrected chi connectivity index (χ1v) is 15.0. The van der Waals surface area contributed by atoms with Gasteiger partial charge in [-0.15, -0.1) is 0 Å². The first kappa shape index (κ1) is 27.1. The molecular formula is C27H33ClF2N4O3S. The summed E-state index contributed by atoms with van der Waals surface area (Å²) in [7, 11) is -4.30. The minimum Gasteiger partial charge on any atom is -0.323 e. The fraction of sp³-hybridized carbons (Fsp3) is 0.519. The molecule has 1 saturated carbocycles. The standard InChI is InChI=1S/C27H33ClF2N4O3S/c1-19-16-31(17-20-4-5-20)13-14-33(19)27(35)32-12-2-3-23(18-32)34(26-15-22(29)8-11-25(26)30)38(36,37)24-9-6-21(28)7-10-24/h6-11,15,19-20,23H,2-5,12-14,16-18H2,1H3/t19-,23-/m0/s1. The molecule has 2 aliphatic heterocycles. The van der Waals surface area contributed by atoms with Crippen molar-refractivity contribution in [3.8, 4) is 0 Å². The monoisotopic (exact) mass is 566 g/mol. The molecule has 2 amide bonds. The molecule has 206 valence electrons. The Kier molecular flexibility index (Phi) is 7.84. The molecule has 0 aromatic heterocycles. The average molecular weight is 567 g/mol. The number of carbonyl (C=O) groups excluding carboxylic acids is 1. The smallest absolute Gasteiger partial charge is 0.320 e. The summed E-state index contributed by atoms with van der Waals surface area (Å²) < 4.78 is 57.9. The Morgan fingerprint density at radius 3 is 2.45 bits per heavy atom. The van der Waals surface area contributed by atoms with Gasteiger partial charge in [0.1, 0.15) is 11.6 Å². The number of nitrogens with zero attached hydrogens (tertiary/aromatic N) is 4. The highest BCUT2D eigenvalue weighted by molar-refractivity contribution is 7.92. The van der Waals surface area contributed by atoms with E-state index >= 15 is 4.39 Å². The van der Waals surface area contributed by atoms with Crippen LogP contribution in [0.5, 0.6) is 0 Å². The quantitative estimate of drug-likeness (QED) is 0.503. The summed E-state index contributed by atoms with van der Waals surface area (Å²) in [4.78, 5) is 19.4. The molecule has 2 aromatic rings. The van der Waals surface area contributed by atoms with Gasteiger partial charge in [-0.3, -0.25) is 9.21 Å². The second-order valence-corrected chi connectivity index (χ2v) is 12.9. The van der Waals surface area contributed by atoms with Crippen molar-refractivity contribution in [2.75, 3.05) is 43.6 Å². The largest absolute Gasteiger partial charge is 0.323 e. The number of amides is 2. The lowest BCUT2D eigenvalue weighted by atomic mass is 10.0. The molecule has 3 aliphatic rings. The summed E-state index contributed by atoms with van der Waals surface area (Å²) in [6.07, 6.45) is 3.50. The summed E-state index contributed by atoms with van der Waals surface area (Å²) in [6, 6.07) is 7.46. The van der Waals surface area contributed by atoms with Crippen LogP contribution in [-0.4, -0.2) is 80.5 Å². The number of carbonyl (C=O) groups is 1. The summed E-state index contributed by atoms with van der Waals surface area (Å²) in [5.74, 6) is -0.823. The predicted octanol–water partition coefficient (Wildman–Crippen LogP) is 4.81. The summed E-state index contributed by atoms with van der Waals surface area (Å²) in [6.45, 7) is 5.91. The maximum Gasteiger partial charge on any atom is 0.320 e. The fourth-order valence-electron chi connectivity index (χ4n) is 5.55. The van der Waals surface area contributed by atoms with Crippen molar-refractivity contribution in [3.05, 3.63) is 59.1 Å². The van der Waals surface area contributed by atoms with Crippen LogP contribution in [0.2, 0.25) is 5.02 Å². The van der Waals surface area contributed by atoms with Crippen LogP contribution in [0.3, 0.4) is 0 Å². The zero-order chi connectivity index (χ0) is 27.0. The first-order chi connectivity index (χ1) is 18.1. The van der Waals surface area contributed by atoms with Crippen molar-refractivity contribution in [2.45, 2.75) is 49.6 Å². The molecule has 0 spiro atoms. The van der Waals surface area contributed by atoms with Gasteiger partial charge in [-0.25, -0.2) is 22.0 Å². The van der Waals surface area contributed by atoms with Gasteiger partial charge in [0.2, 0.25) is 0 Å². The van der Waals surface area contributed by atoms with Crippen LogP contribution >= 0.6 is 11.6 Å². The van der Waals surface area contributed by atoms with E-state index in [0.717, 1.165) is 48.1 Å². The van der Waals surface area contributed by atoms with Crippen molar-refractivity contribution in [1.29, 1.82) is 0 Å². The fourth-order valence-corrected chi connectivity index (χ4v) is 7.34. The van der Waals surface area contributed by atoms with Crippen LogP contribution < -0.4 is 4.31 Å². The zero-order valence-corrected chi connectivity index (χ0v) is 23.0. The Morgan fingerprint density at radius 1 is 1.03 bits per heavy atom. The molecule has 38 heavy (non-hydrogen) atoms. The van der Waals surface area contributed by atoms with E-state index in [9.17, 15) is 17.6 Å². The third-order valence-electron chi connectivity index (χ3n) is 7.69. The molecule has 2 saturated heterocycles. The van der Waals surface area contributed by atoms with Crippen LogP contribution in [0.4, 0.5) is 19.3 Å². The lowest BCUT2D eigenvalue weighted by Gasteiger charge is -2.45. The molecule has 0 unspecified atom stereocenters. The lowest BCUT2D eigenvalue weighted by molar-refractivity contribution is 0.0737. The van der Waals surface area contributed by atoms with Crippen LogP contribution in [0.25, 0.3) is 0 Å². The average Bonchev–Trinajstić information content (AvgIpc) is 3.70. The van der Waals surface area contributed by atoms with Gasteiger partial charge in [0.25, 0.3) is 10.0 Å². The highest BCUT2D eigenvalue weighted by Gasteiger charge is 2.39. The van der Waals surface area contributed by atoms with Crippen molar-refractivity contribution >= 4 is 33.3 Å². The van der Waals surface area contributed by atoms with Crippen LogP contribution in [0, 0.1) is 17.6 Å². The molecule has 0 radical (unpaired) electrons. The normalized spacial score (nSPS) is 22.9. The lowest BCUT2D eigenvalue weighted by Crippen LogP contribution is -2.60. The Morgan fingerprint density at radius 2 is 1.76 bits per heavy atom. The third-order valence-corrected chi connectivity index (χ3v) is 9.82. The number of sulfonamides is 1. The van der Waals surface area contributed by atoms with Gasteiger partial charge in [-0.1, -0.05) is 11.6 Å². The predicted molar refractivity (Wildman–Crippen MR) is 143 cm³/mol. The van der Waals surface area contributed by atoms with Gasteiger partial charge < -0.3 is 9.80 Å². The first-order valence-electron chi connectivity index (χ1n) is 13.2. The van der Waals surface area contributed by atoms with Crippen molar-refractivity contribution < 1.29 is 22.0 Å². The van der Waals surface area contributed by atoms with Gasteiger partial charge in [0.05, 0.1) is 16.6 Å². The molecule has 0 N–H and O–H groups in total. The maximum absolute atomic E-state index is 15.0. The van der Waals surface area contributed by atoms with E-state index in [1.165, 1.54) is 37.1 Å². The third kappa shape index (κ3) is 5.77. The number of halogens is 3. The molecule has 1 aliphatic carbocycles. The summed E-state index contributed by atoms with van der Waals surface area (Å²) in [5, 5.41) is 0.355. The number of hydrogen-bond donors (Lipinski definition) is 0. The van der Waals surface area contributed by atoms with E-state index in [1.54, 1.807) is 4.90 Å². The van der Waals surface area contributed by atoms with Gasteiger partial charge in [-0.2, -0.15) is 0 Å². The Labute approximate surface area is 228 Å². The van der Waals surface area contributed by atoms with Crippen LogP contribution in [0.15, 0.2) is 47.4 Å². The number of likely N-dealkylation sites (tertiary alicyclic amines) is 1. The number of benzene rings is 2. The SMILES string of the molecule is C[C@H]1CN(CC2CC2)CCN1C(=O)N1CCC[C@H](N(c2cc(F)ccc2F)S(=O)(=O)c2ccc(Cl)cc2)C1. The Bertz CT molecular complexity index is 1280. The maximum atomic E-state index is 15.0. The van der Waals surface area contributed by atoms with E-state index in [2.05, 4.69) is 4.90 Å². The number of rotatable bonds is 6. The minimum absolute atomic E-state index is 0.0324. The molecule has 2 aromatic carbocycles. The van der Waals surface area contributed by atoms with E-state index in [0.29, 0.717) is 31.0 Å². The van der Waals surface area contributed by atoms with Gasteiger partial charge >= 0.3 is 6.03 Å². The van der Waals surface area contributed by atoms with E-state index < -0.39 is 27.7 Å². The molecule has 7 nitrogen and oxygen atoms in total. The molecule has 3 fully saturated rings. The van der Waals surface area contributed by atoms with E-state index in [4.69, 9.17) is 11.6 Å². The number of piperazine rings is 1. The van der Waals surface area contributed by atoms with Gasteiger partial charge in [-0.05, 0) is 74.9 Å². The highest BCUT2D eigenvalue weighted by atomic mass is 35.5. The molecule has 0 bridgehead atoms. The Hall–Kier alpha value is -2.43. The molecule has 5 rings (SSSR count). The van der Waals surface area contributed by atoms with E-state index in [1.807, 2.05) is 11.8 Å². The highest BCUT2D eigenvalue weighted by Crippen LogP contribution is 2.34. The number of hydrogen-bond acceptors (Lipinski definition) is 4. The van der Waals surface area contributed by atoms with Crippen molar-refractivity contribution in [2.24, 2.45) is 5.92 Å². The van der Waals surface area contributed by atoms with Crippen LogP contribution in [0.1, 0.15) is 32.6 Å². The summed E-state index contributed by atoms with van der Waals surface area (Å²) >= 11 is 5.96. The molecule has 2 heterocycles. The van der Waals surface area contributed by atoms with Crippen LogP contribution in [-0.2, 0) is 10.0 Å². The van der Waals surface area contributed by atoms with E-state index in [-0.39, 0.29) is 29.2 Å². The second-order valence-electron chi connectivity index (χ2n) is 10.6. The number of piperidine rings is 1. The molecule has 2 atom stereocenters. The number of anilines is 1. The Balaban J connectivity index is 1.40.